The van der Waals surface area contributed by atoms with Crippen molar-refractivity contribution < 1.29 is 4.74 Å². The Hall–Kier alpha value is -1.87. The van der Waals surface area contributed by atoms with Gasteiger partial charge >= 0.3 is 0 Å². The second-order valence-electron chi connectivity index (χ2n) is 7.23. The van der Waals surface area contributed by atoms with Crippen LogP contribution in [-0.4, -0.2) is 44.2 Å². The van der Waals surface area contributed by atoms with Crippen LogP contribution in [0, 0.1) is 11.3 Å². The van der Waals surface area contributed by atoms with Gasteiger partial charge in [0.1, 0.15) is 0 Å². The van der Waals surface area contributed by atoms with Gasteiger partial charge in [0.15, 0.2) is 0 Å². The largest absolute Gasteiger partial charge is 0.373 e. The van der Waals surface area contributed by atoms with Gasteiger partial charge < -0.3 is 9.64 Å². The van der Waals surface area contributed by atoms with E-state index in [2.05, 4.69) is 62.1 Å². The van der Waals surface area contributed by atoms with Crippen molar-refractivity contribution in [2.45, 2.75) is 18.9 Å². The van der Waals surface area contributed by atoms with E-state index in [1.165, 1.54) is 16.8 Å². The van der Waals surface area contributed by atoms with Gasteiger partial charge in [0.25, 0.3) is 0 Å². The summed E-state index contributed by atoms with van der Waals surface area (Å²) in [6, 6.07) is 16.7. The molecule has 0 aliphatic carbocycles. The van der Waals surface area contributed by atoms with E-state index in [4.69, 9.17) is 10.00 Å². The summed E-state index contributed by atoms with van der Waals surface area (Å²) in [5, 5.41) is 8.93. The quantitative estimate of drug-likeness (QED) is 0.737. The Labute approximate surface area is 169 Å². The van der Waals surface area contributed by atoms with Gasteiger partial charge in [-0.05, 0) is 60.4 Å². The zero-order chi connectivity index (χ0) is 18.6. The SMILES string of the molecule is N#Cc1ccc(N2CCN(CC[C@@H]3OCCc4cc(Br)ccc43)CC2)cc1. The van der Waals surface area contributed by atoms with Crippen molar-refractivity contribution in [3.05, 3.63) is 63.6 Å². The summed E-state index contributed by atoms with van der Waals surface area (Å²) in [7, 11) is 0. The number of hydrogen-bond acceptors (Lipinski definition) is 4. The average molecular weight is 426 g/mol. The predicted octanol–water partition coefficient (Wildman–Crippen LogP) is 4.15. The monoisotopic (exact) mass is 425 g/mol. The van der Waals surface area contributed by atoms with Crippen molar-refractivity contribution in [3.8, 4) is 6.07 Å². The smallest absolute Gasteiger partial charge is 0.0991 e. The zero-order valence-corrected chi connectivity index (χ0v) is 17.0. The van der Waals surface area contributed by atoms with Crippen molar-refractivity contribution in [2.75, 3.05) is 44.2 Å². The maximum absolute atomic E-state index is 8.93. The van der Waals surface area contributed by atoms with Gasteiger partial charge in [-0.2, -0.15) is 5.26 Å². The number of rotatable bonds is 4. The highest BCUT2D eigenvalue weighted by atomic mass is 79.9. The molecule has 140 valence electrons. The lowest BCUT2D eigenvalue weighted by atomic mass is 9.95. The maximum atomic E-state index is 8.93. The Morgan fingerprint density at radius 1 is 1.07 bits per heavy atom. The van der Waals surface area contributed by atoms with E-state index in [9.17, 15) is 0 Å². The van der Waals surface area contributed by atoms with Crippen LogP contribution in [0.3, 0.4) is 0 Å². The minimum absolute atomic E-state index is 0.221. The molecule has 2 heterocycles. The second-order valence-corrected chi connectivity index (χ2v) is 8.14. The van der Waals surface area contributed by atoms with Gasteiger partial charge in [0.05, 0.1) is 24.3 Å². The number of ether oxygens (including phenoxy) is 1. The van der Waals surface area contributed by atoms with Crippen molar-refractivity contribution in [2.24, 2.45) is 0 Å². The fourth-order valence-corrected chi connectivity index (χ4v) is 4.43. The zero-order valence-electron chi connectivity index (χ0n) is 15.4. The lowest BCUT2D eigenvalue weighted by molar-refractivity contribution is 0.0289. The number of fused-ring (bicyclic) bond motifs is 1. The van der Waals surface area contributed by atoms with Crippen LogP contribution in [0.25, 0.3) is 0 Å². The number of nitriles is 1. The molecule has 1 saturated heterocycles. The van der Waals surface area contributed by atoms with Crippen molar-refractivity contribution >= 4 is 21.6 Å². The third kappa shape index (κ3) is 4.35. The predicted molar refractivity (Wildman–Crippen MR) is 111 cm³/mol. The Balaban J connectivity index is 1.30. The molecule has 2 aromatic carbocycles. The van der Waals surface area contributed by atoms with Crippen molar-refractivity contribution in [3.63, 3.8) is 0 Å². The van der Waals surface area contributed by atoms with Gasteiger partial charge in [-0.1, -0.05) is 22.0 Å². The van der Waals surface area contributed by atoms with Crippen LogP contribution in [0.15, 0.2) is 46.9 Å². The fraction of sp³-hybridized carbons (Fsp3) is 0.409. The van der Waals surface area contributed by atoms with E-state index in [1.807, 2.05) is 12.1 Å². The molecule has 0 spiro atoms. The van der Waals surface area contributed by atoms with Crippen LogP contribution >= 0.6 is 15.9 Å². The van der Waals surface area contributed by atoms with E-state index < -0.39 is 0 Å². The third-order valence-corrected chi connectivity index (χ3v) is 6.08. The van der Waals surface area contributed by atoms with E-state index >= 15 is 0 Å². The standard InChI is InChI=1S/C22H24BrN3O/c23-19-3-6-21-18(15-19)8-14-27-22(21)7-9-25-10-12-26(13-11-25)20-4-1-17(16-24)2-5-20/h1-6,15,22H,7-14H2/t22-/m0/s1. The summed E-state index contributed by atoms with van der Waals surface area (Å²) in [6.45, 7) is 6.09. The van der Waals surface area contributed by atoms with Gasteiger partial charge in [-0.25, -0.2) is 0 Å². The molecule has 1 fully saturated rings. The summed E-state index contributed by atoms with van der Waals surface area (Å²) >= 11 is 3.58. The number of benzene rings is 2. The first-order chi connectivity index (χ1) is 13.2. The van der Waals surface area contributed by atoms with Crippen LogP contribution < -0.4 is 4.90 Å². The van der Waals surface area contributed by atoms with Crippen molar-refractivity contribution in [1.29, 1.82) is 5.26 Å². The molecular formula is C22H24BrN3O. The molecule has 0 bridgehead atoms. The van der Waals surface area contributed by atoms with Gasteiger partial charge in [0, 0.05) is 42.9 Å². The summed E-state index contributed by atoms with van der Waals surface area (Å²) in [5.41, 5.74) is 4.72. The molecule has 0 N–H and O–H groups in total. The topological polar surface area (TPSA) is 39.5 Å². The number of halogens is 1. The molecule has 4 rings (SSSR count). The first-order valence-electron chi connectivity index (χ1n) is 9.60. The van der Waals surface area contributed by atoms with E-state index in [0.717, 1.165) is 62.2 Å². The minimum atomic E-state index is 0.221. The Bertz CT molecular complexity index is 822. The number of anilines is 1. The van der Waals surface area contributed by atoms with Crippen LogP contribution in [0.1, 0.15) is 29.2 Å². The second kappa shape index (κ2) is 8.43. The summed E-state index contributed by atoms with van der Waals surface area (Å²) in [5.74, 6) is 0. The summed E-state index contributed by atoms with van der Waals surface area (Å²) in [4.78, 5) is 4.94. The highest BCUT2D eigenvalue weighted by molar-refractivity contribution is 9.10. The van der Waals surface area contributed by atoms with Gasteiger partial charge in [-0.15, -0.1) is 0 Å². The van der Waals surface area contributed by atoms with Crippen molar-refractivity contribution in [1.82, 2.24) is 4.90 Å². The molecule has 2 aliphatic heterocycles. The normalized spacial score (nSPS) is 20.1. The van der Waals surface area contributed by atoms with E-state index in [1.54, 1.807) is 0 Å². The Kier molecular flexibility index (Phi) is 5.77. The van der Waals surface area contributed by atoms with Gasteiger partial charge in [-0.3, -0.25) is 4.90 Å². The number of piperazine rings is 1. The Morgan fingerprint density at radius 2 is 1.85 bits per heavy atom. The molecule has 0 saturated carbocycles. The highest BCUT2D eigenvalue weighted by Crippen LogP contribution is 2.31. The van der Waals surface area contributed by atoms with Crippen LogP contribution in [0.4, 0.5) is 5.69 Å². The maximum Gasteiger partial charge on any atom is 0.0991 e. The molecule has 5 heteroatoms. The molecular weight excluding hydrogens is 402 g/mol. The first kappa shape index (κ1) is 18.5. The fourth-order valence-electron chi connectivity index (χ4n) is 4.02. The van der Waals surface area contributed by atoms with Gasteiger partial charge in [0.2, 0.25) is 0 Å². The van der Waals surface area contributed by atoms with Crippen LogP contribution in [0.2, 0.25) is 0 Å². The first-order valence-corrected chi connectivity index (χ1v) is 10.4. The van der Waals surface area contributed by atoms with Crippen LogP contribution in [0.5, 0.6) is 0 Å². The Morgan fingerprint density at radius 3 is 2.59 bits per heavy atom. The highest BCUT2D eigenvalue weighted by Gasteiger charge is 2.23. The molecule has 1 atom stereocenters. The number of nitrogens with zero attached hydrogens (tertiary/aromatic N) is 3. The molecule has 27 heavy (non-hydrogen) atoms. The van der Waals surface area contributed by atoms with E-state index in [0.29, 0.717) is 0 Å². The summed E-state index contributed by atoms with van der Waals surface area (Å²) in [6.07, 6.45) is 2.28. The minimum Gasteiger partial charge on any atom is -0.373 e. The molecule has 0 radical (unpaired) electrons. The lowest BCUT2D eigenvalue weighted by Crippen LogP contribution is -2.46. The molecule has 4 nitrogen and oxygen atoms in total. The lowest BCUT2D eigenvalue weighted by Gasteiger charge is -2.37. The third-order valence-electron chi connectivity index (χ3n) is 5.58. The molecule has 0 aromatic heterocycles. The average Bonchev–Trinajstić information content (AvgIpc) is 2.72. The summed E-state index contributed by atoms with van der Waals surface area (Å²) < 4.78 is 7.22. The molecule has 2 aromatic rings. The van der Waals surface area contributed by atoms with E-state index in [-0.39, 0.29) is 6.10 Å². The van der Waals surface area contributed by atoms with Crippen LogP contribution in [-0.2, 0) is 11.2 Å². The molecule has 2 aliphatic rings. The molecule has 0 unspecified atom stereocenters. The molecule has 0 amide bonds. The number of hydrogen-bond donors (Lipinski definition) is 0.